The first-order chi connectivity index (χ1) is 9.30. The normalized spacial score (nSPS) is 12.4. The van der Waals surface area contributed by atoms with Crippen molar-refractivity contribution in [3.05, 3.63) is 35.4 Å². The second-order valence-electron chi connectivity index (χ2n) is 5.27. The minimum atomic E-state index is -4.15. The number of hydrogen-bond acceptors (Lipinski definition) is 2. The number of alkyl halides is 3. The van der Waals surface area contributed by atoms with E-state index in [1.165, 1.54) is 4.90 Å². The van der Waals surface area contributed by atoms with Gasteiger partial charge in [0.15, 0.2) is 0 Å². The van der Waals surface area contributed by atoms with Crippen LogP contribution in [0.1, 0.15) is 31.9 Å². The first kappa shape index (κ1) is 17.0. The van der Waals surface area contributed by atoms with E-state index in [1.807, 2.05) is 24.3 Å². The molecule has 0 aliphatic heterocycles. The van der Waals surface area contributed by atoms with Gasteiger partial charge in [-0.1, -0.05) is 45.0 Å². The van der Waals surface area contributed by atoms with Crippen molar-refractivity contribution in [3.8, 4) is 0 Å². The minimum absolute atomic E-state index is 0.325. The second kappa shape index (κ2) is 7.64. The number of nitrogens with zero attached hydrogens (tertiary/aromatic N) is 1. The van der Waals surface area contributed by atoms with Gasteiger partial charge in [-0.05, 0) is 17.7 Å². The molecular weight excluding hydrogens is 265 g/mol. The van der Waals surface area contributed by atoms with Crippen molar-refractivity contribution in [3.63, 3.8) is 0 Å². The smallest absolute Gasteiger partial charge is 0.310 e. The van der Waals surface area contributed by atoms with Crippen LogP contribution in [0.15, 0.2) is 24.3 Å². The summed E-state index contributed by atoms with van der Waals surface area (Å²) in [4.78, 5) is 1.40. The van der Waals surface area contributed by atoms with Crippen molar-refractivity contribution in [2.45, 2.75) is 46.1 Å². The maximum Gasteiger partial charge on any atom is 0.401 e. The van der Waals surface area contributed by atoms with Gasteiger partial charge in [-0.25, -0.2) is 0 Å². The zero-order valence-corrected chi connectivity index (χ0v) is 12.3. The van der Waals surface area contributed by atoms with Crippen LogP contribution < -0.4 is 5.32 Å². The topological polar surface area (TPSA) is 15.3 Å². The Labute approximate surface area is 119 Å². The molecule has 0 fully saturated rings. The van der Waals surface area contributed by atoms with Crippen molar-refractivity contribution in [2.24, 2.45) is 0 Å². The molecule has 1 aromatic rings. The van der Waals surface area contributed by atoms with Crippen LogP contribution >= 0.6 is 0 Å². The van der Waals surface area contributed by atoms with Crippen LogP contribution in [0.2, 0.25) is 0 Å². The minimum Gasteiger partial charge on any atom is -0.310 e. The fraction of sp³-hybridized carbons (Fsp3) is 0.600. The number of hydrogen-bond donors (Lipinski definition) is 1. The van der Waals surface area contributed by atoms with Crippen LogP contribution in [-0.2, 0) is 13.1 Å². The molecule has 20 heavy (non-hydrogen) atoms. The number of benzene rings is 1. The fourth-order valence-corrected chi connectivity index (χ4v) is 1.95. The summed E-state index contributed by atoms with van der Waals surface area (Å²) in [7, 11) is 0. The highest BCUT2D eigenvalue weighted by Crippen LogP contribution is 2.18. The molecule has 0 atom stereocenters. The standard InChI is InChI=1S/C15H23F3N2/c1-4-20(11-15(16,17)18)10-14-7-5-6-13(8-14)9-19-12(2)3/h5-8,12,19H,4,9-11H2,1-3H3. The summed E-state index contributed by atoms with van der Waals surface area (Å²) in [6.07, 6.45) is -4.15. The Morgan fingerprint density at radius 2 is 1.85 bits per heavy atom. The number of nitrogens with one attached hydrogen (secondary N) is 1. The number of rotatable bonds is 7. The van der Waals surface area contributed by atoms with Gasteiger partial charge in [0, 0.05) is 19.1 Å². The van der Waals surface area contributed by atoms with E-state index in [4.69, 9.17) is 0 Å². The zero-order chi connectivity index (χ0) is 15.2. The molecule has 2 nitrogen and oxygen atoms in total. The fourth-order valence-electron chi connectivity index (χ4n) is 1.95. The average Bonchev–Trinajstić information content (AvgIpc) is 2.34. The van der Waals surface area contributed by atoms with Crippen molar-refractivity contribution in [2.75, 3.05) is 13.1 Å². The molecule has 1 N–H and O–H groups in total. The van der Waals surface area contributed by atoms with Crippen LogP contribution in [0.5, 0.6) is 0 Å². The van der Waals surface area contributed by atoms with Crippen LogP contribution in [0.3, 0.4) is 0 Å². The molecule has 0 bridgehead atoms. The lowest BCUT2D eigenvalue weighted by atomic mass is 10.1. The first-order valence-electron chi connectivity index (χ1n) is 6.90. The lowest BCUT2D eigenvalue weighted by Gasteiger charge is -2.22. The van der Waals surface area contributed by atoms with Gasteiger partial charge in [-0.2, -0.15) is 13.2 Å². The summed E-state index contributed by atoms with van der Waals surface area (Å²) < 4.78 is 37.3. The van der Waals surface area contributed by atoms with Crippen LogP contribution in [0.4, 0.5) is 13.2 Å². The van der Waals surface area contributed by atoms with Crippen molar-refractivity contribution in [1.29, 1.82) is 0 Å². The second-order valence-corrected chi connectivity index (χ2v) is 5.27. The molecule has 0 radical (unpaired) electrons. The summed E-state index contributed by atoms with van der Waals surface area (Å²) in [6, 6.07) is 8.11. The summed E-state index contributed by atoms with van der Waals surface area (Å²) in [5.41, 5.74) is 2.01. The third kappa shape index (κ3) is 6.91. The van der Waals surface area contributed by atoms with E-state index in [0.29, 0.717) is 19.1 Å². The molecule has 5 heteroatoms. The molecule has 0 spiro atoms. The lowest BCUT2D eigenvalue weighted by molar-refractivity contribution is -0.146. The van der Waals surface area contributed by atoms with E-state index in [9.17, 15) is 13.2 Å². The van der Waals surface area contributed by atoms with Gasteiger partial charge in [0.2, 0.25) is 0 Å². The quantitative estimate of drug-likeness (QED) is 0.825. The van der Waals surface area contributed by atoms with Gasteiger partial charge in [-0.15, -0.1) is 0 Å². The van der Waals surface area contributed by atoms with Gasteiger partial charge in [-0.3, -0.25) is 4.90 Å². The van der Waals surface area contributed by atoms with E-state index in [0.717, 1.165) is 17.7 Å². The summed E-state index contributed by atoms with van der Waals surface area (Å²) in [5.74, 6) is 0. The average molecular weight is 288 g/mol. The molecule has 0 aliphatic rings. The molecule has 114 valence electrons. The molecule has 1 rings (SSSR count). The molecule has 0 aliphatic carbocycles. The molecule has 0 saturated carbocycles. The maximum absolute atomic E-state index is 12.4. The van der Waals surface area contributed by atoms with Crippen LogP contribution in [0.25, 0.3) is 0 Å². The highest BCUT2D eigenvalue weighted by Gasteiger charge is 2.29. The van der Waals surface area contributed by atoms with E-state index in [1.54, 1.807) is 6.92 Å². The summed E-state index contributed by atoms with van der Waals surface area (Å²) in [6.45, 7) is 6.45. The van der Waals surface area contributed by atoms with Crippen molar-refractivity contribution in [1.82, 2.24) is 10.2 Å². The Morgan fingerprint density at radius 3 is 2.40 bits per heavy atom. The third-order valence-electron chi connectivity index (χ3n) is 2.96. The van der Waals surface area contributed by atoms with E-state index in [-0.39, 0.29) is 0 Å². The summed E-state index contributed by atoms with van der Waals surface area (Å²) >= 11 is 0. The van der Waals surface area contributed by atoms with Gasteiger partial charge >= 0.3 is 6.18 Å². The number of halogens is 3. The first-order valence-corrected chi connectivity index (χ1v) is 6.90. The largest absolute Gasteiger partial charge is 0.401 e. The van der Waals surface area contributed by atoms with Gasteiger partial charge in [0.05, 0.1) is 6.54 Å². The van der Waals surface area contributed by atoms with Crippen LogP contribution in [0, 0.1) is 0 Å². The highest BCUT2D eigenvalue weighted by atomic mass is 19.4. The lowest BCUT2D eigenvalue weighted by Crippen LogP contribution is -2.33. The Bertz CT molecular complexity index is 402. The Hall–Kier alpha value is -1.07. The van der Waals surface area contributed by atoms with Gasteiger partial charge in [0.25, 0.3) is 0 Å². The molecule has 1 aromatic carbocycles. The molecule has 0 heterocycles. The predicted molar refractivity (Wildman–Crippen MR) is 75.4 cm³/mol. The molecule has 0 saturated heterocycles. The molecule has 0 unspecified atom stereocenters. The van der Waals surface area contributed by atoms with E-state index in [2.05, 4.69) is 19.2 Å². The Morgan fingerprint density at radius 1 is 1.20 bits per heavy atom. The van der Waals surface area contributed by atoms with Crippen LogP contribution in [-0.4, -0.2) is 30.2 Å². The monoisotopic (exact) mass is 288 g/mol. The molecule has 0 amide bonds. The zero-order valence-electron chi connectivity index (χ0n) is 12.3. The van der Waals surface area contributed by atoms with Crippen molar-refractivity contribution < 1.29 is 13.2 Å². The maximum atomic E-state index is 12.4. The van der Waals surface area contributed by atoms with Gasteiger partial charge < -0.3 is 5.32 Å². The van der Waals surface area contributed by atoms with E-state index < -0.39 is 12.7 Å². The molecular formula is C15H23F3N2. The van der Waals surface area contributed by atoms with E-state index >= 15 is 0 Å². The predicted octanol–water partition coefficient (Wildman–Crippen LogP) is 3.57. The SMILES string of the molecule is CCN(Cc1cccc(CNC(C)C)c1)CC(F)(F)F. The third-order valence-corrected chi connectivity index (χ3v) is 2.96. The van der Waals surface area contributed by atoms with Crippen molar-refractivity contribution >= 4 is 0 Å². The highest BCUT2D eigenvalue weighted by molar-refractivity contribution is 5.23. The molecule has 0 aromatic heterocycles. The summed E-state index contributed by atoms with van der Waals surface area (Å²) in [5, 5.41) is 3.30. The Balaban J connectivity index is 2.64. The van der Waals surface area contributed by atoms with Gasteiger partial charge in [0.1, 0.15) is 0 Å². The Kier molecular flexibility index (Phi) is 6.49.